The Morgan fingerprint density at radius 1 is 1.19 bits per heavy atom. The molecular formula is C16H19N4O6+. The van der Waals surface area contributed by atoms with Crippen molar-refractivity contribution in [1.82, 2.24) is 10.6 Å². The van der Waals surface area contributed by atoms with E-state index in [1.54, 1.807) is 24.3 Å². The first-order chi connectivity index (χ1) is 12.4. The first-order valence-corrected chi connectivity index (χ1v) is 7.71. The van der Waals surface area contributed by atoms with Crippen LogP contribution in [0.3, 0.4) is 0 Å². The minimum absolute atomic E-state index is 0.0154. The quantitative estimate of drug-likeness (QED) is 0.517. The Bertz CT molecular complexity index is 686. The molecule has 0 heterocycles. The number of hydrogen-bond donors (Lipinski definition) is 3. The Kier molecular flexibility index (Phi) is 8.81. The van der Waals surface area contributed by atoms with Crippen molar-refractivity contribution in [3.63, 3.8) is 0 Å². The van der Waals surface area contributed by atoms with Crippen molar-refractivity contribution < 1.29 is 29.0 Å². The van der Waals surface area contributed by atoms with E-state index in [-0.39, 0.29) is 19.4 Å². The molecule has 138 valence electrons. The highest BCUT2D eigenvalue weighted by molar-refractivity contribution is 5.89. The Hall–Kier alpha value is -3.48. The molecule has 0 spiro atoms. The predicted molar refractivity (Wildman–Crippen MR) is 88.4 cm³/mol. The first kappa shape index (κ1) is 20.6. The normalized spacial score (nSPS) is 10.9. The van der Waals surface area contributed by atoms with Gasteiger partial charge in [-0.2, -0.15) is 0 Å². The molecule has 0 aromatic heterocycles. The van der Waals surface area contributed by atoms with Crippen LogP contribution in [-0.2, 0) is 25.7 Å². The molecule has 10 heteroatoms. The number of aliphatic carboxylic acids is 1. The van der Waals surface area contributed by atoms with Gasteiger partial charge >= 0.3 is 18.6 Å². The molecule has 2 amide bonds. The maximum Gasteiger partial charge on any atom is 0.408 e. The van der Waals surface area contributed by atoms with E-state index in [0.29, 0.717) is 0 Å². The standard InChI is InChI=1S/C16H18N4O6/c17-19-8-12(21)6-7-13(15(24)18-9-14(22)23)20-16(25)26-10-11-4-2-1-3-5-11/h1-5,13H,6-10H2,(H2-,18,20,22,23,24,25)/p+1/t13-/m0/s1. The first-order valence-electron chi connectivity index (χ1n) is 7.71. The number of alkyl carbamates (subject to hydrolysis) is 1. The number of diazo groups is 1. The molecule has 10 nitrogen and oxygen atoms in total. The third kappa shape index (κ3) is 8.39. The third-order valence-electron chi connectivity index (χ3n) is 3.19. The highest BCUT2D eigenvalue weighted by Crippen LogP contribution is 2.03. The van der Waals surface area contributed by atoms with Crippen molar-refractivity contribution in [2.24, 2.45) is 0 Å². The Balaban J connectivity index is 2.59. The number of ketones is 1. The molecule has 0 aliphatic carbocycles. The largest absolute Gasteiger partial charge is 0.480 e. The molecule has 3 N–H and O–H groups in total. The molecule has 26 heavy (non-hydrogen) atoms. The van der Waals surface area contributed by atoms with Gasteiger partial charge in [0, 0.05) is 6.42 Å². The molecule has 0 aliphatic heterocycles. The fourth-order valence-corrected chi connectivity index (χ4v) is 1.93. The summed E-state index contributed by atoms with van der Waals surface area (Å²) in [5, 5.41) is 21.4. The van der Waals surface area contributed by atoms with E-state index in [2.05, 4.69) is 15.6 Å². The lowest BCUT2D eigenvalue weighted by Crippen LogP contribution is -2.48. The van der Waals surface area contributed by atoms with Gasteiger partial charge in [0.2, 0.25) is 17.1 Å². The Morgan fingerprint density at radius 2 is 1.88 bits per heavy atom. The number of hydrogen-bond acceptors (Lipinski definition) is 6. The van der Waals surface area contributed by atoms with E-state index in [1.807, 2.05) is 6.07 Å². The van der Waals surface area contributed by atoms with E-state index in [9.17, 15) is 19.2 Å². The summed E-state index contributed by atoms with van der Waals surface area (Å²) in [4.78, 5) is 48.5. The van der Waals surface area contributed by atoms with Crippen LogP contribution in [0.4, 0.5) is 4.79 Å². The molecule has 1 atom stereocenters. The van der Waals surface area contributed by atoms with Crippen molar-refractivity contribution in [2.45, 2.75) is 25.5 Å². The molecule has 0 saturated carbocycles. The molecular weight excluding hydrogens is 344 g/mol. The number of benzene rings is 1. The van der Waals surface area contributed by atoms with Gasteiger partial charge in [-0.25, -0.2) is 4.79 Å². The second-order valence-corrected chi connectivity index (χ2v) is 5.25. The van der Waals surface area contributed by atoms with E-state index in [0.717, 1.165) is 5.56 Å². The number of ether oxygens (including phenoxy) is 1. The molecule has 0 unspecified atom stereocenters. The average Bonchev–Trinajstić information content (AvgIpc) is 2.62. The van der Waals surface area contributed by atoms with Gasteiger partial charge < -0.3 is 20.5 Å². The van der Waals surface area contributed by atoms with Crippen LogP contribution >= 0.6 is 0 Å². The molecule has 1 rings (SSSR count). The van der Waals surface area contributed by atoms with Crippen molar-refractivity contribution in [2.75, 3.05) is 13.1 Å². The molecule has 0 bridgehead atoms. The number of rotatable bonds is 10. The zero-order valence-electron chi connectivity index (χ0n) is 13.9. The molecule has 0 saturated heterocycles. The van der Waals surface area contributed by atoms with Crippen LogP contribution in [0, 0.1) is 5.39 Å². The number of nitrogens with zero attached hydrogens (tertiary/aromatic N) is 2. The predicted octanol–water partition coefficient (Wildman–Crippen LogP) is 0.685. The minimum Gasteiger partial charge on any atom is -0.480 e. The number of Topliss-reactive ketones (excluding diaryl/α,β-unsaturated/α-hetero) is 1. The number of carboxylic acids is 1. The van der Waals surface area contributed by atoms with Crippen LogP contribution < -0.4 is 10.6 Å². The summed E-state index contributed by atoms with van der Waals surface area (Å²) in [5.74, 6) is -2.46. The summed E-state index contributed by atoms with van der Waals surface area (Å²) in [6, 6.07) is 7.69. The second-order valence-electron chi connectivity index (χ2n) is 5.25. The molecule has 0 fully saturated rings. The van der Waals surface area contributed by atoms with Gasteiger partial charge in [0.1, 0.15) is 24.2 Å². The molecule has 0 radical (unpaired) electrons. The van der Waals surface area contributed by atoms with Crippen molar-refractivity contribution in [1.29, 1.82) is 5.39 Å². The smallest absolute Gasteiger partial charge is 0.408 e. The highest BCUT2D eigenvalue weighted by atomic mass is 16.5. The summed E-state index contributed by atoms with van der Waals surface area (Å²) in [7, 11) is 0. The zero-order chi connectivity index (χ0) is 19.4. The van der Waals surface area contributed by atoms with Crippen LogP contribution in [0.1, 0.15) is 18.4 Å². The van der Waals surface area contributed by atoms with Gasteiger partial charge in [0.25, 0.3) is 0 Å². The van der Waals surface area contributed by atoms with Crippen molar-refractivity contribution >= 4 is 23.8 Å². The third-order valence-corrected chi connectivity index (χ3v) is 3.19. The topological polar surface area (TPSA) is 150 Å². The fraction of sp³-hybridized carbons (Fsp3) is 0.375. The van der Waals surface area contributed by atoms with Gasteiger partial charge in [-0.05, 0) is 12.0 Å². The molecule has 0 aliphatic rings. The van der Waals surface area contributed by atoms with Gasteiger partial charge in [-0.15, -0.1) is 0 Å². The van der Waals surface area contributed by atoms with Crippen LogP contribution in [0.15, 0.2) is 30.3 Å². The van der Waals surface area contributed by atoms with Gasteiger partial charge in [-0.1, -0.05) is 30.3 Å². The van der Waals surface area contributed by atoms with E-state index in [1.165, 1.54) is 0 Å². The maximum atomic E-state index is 12.0. The number of carboxylic acid groups (broad SMARTS) is 1. The Morgan fingerprint density at radius 3 is 2.50 bits per heavy atom. The van der Waals surface area contributed by atoms with E-state index < -0.39 is 42.9 Å². The summed E-state index contributed by atoms with van der Waals surface area (Å²) >= 11 is 0. The highest BCUT2D eigenvalue weighted by Gasteiger charge is 2.24. The van der Waals surface area contributed by atoms with Crippen molar-refractivity contribution in [3.8, 4) is 0 Å². The number of nitrogens with one attached hydrogen (secondary N) is 2. The van der Waals surface area contributed by atoms with E-state index >= 15 is 0 Å². The van der Waals surface area contributed by atoms with Crippen LogP contribution in [0.25, 0.3) is 4.98 Å². The lowest BCUT2D eigenvalue weighted by molar-refractivity contribution is -0.138. The fourth-order valence-electron chi connectivity index (χ4n) is 1.93. The maximum absolute atomic E-state index is 12.0. The average molecular weight is 363 g/mol. The van der Waals surface area contributed by atoms with Gasteiger partial charge in [0.05, 0.1) is 0 Å². The molecule has 1 aromatic carbocycles. The van der Waals surface area contributed by atoms with E-state index in [4.69, 9.17) is 15.2 Å². The second kappa shape index (κ2) is 11.1. The Labute approximate surface area is 149 Å². The number of carbonyl (C=O) groups is 4. The number of carbonyl (C=O) groups excluding carboxylic acids is 3. The van der Waals surface area contributed by atoms with Gasteiger partial charge in [0.15, 0.2) is 0 Å². The molecule has 1 aromatic rings. The SMILES string of the molecule is N#[N+]CC(=O)CC[C@H](NC(=O)OCc1ccccc1)C(=O)NCC(=O)O. The van der Waals surface area contributed by atoms with Crippen LogP contribution in [0.2, 0.25) is 0 Å². The van der Waals surface area contributed by atoms with Crippen LogP contribution in [-0.4, -0.2) is 48.0 Å². The summed E-state index contributed by atoms with van der Waals surface area (Å²) in [6.07, 6.45) is -1.13. The monoisotopic (exact) mass is 363 g/mol. The summed E-state index contributed by atoms with van der Waals surface area (Å²) in [5.41, 5.74) is 0.745. The lowest BCUT2D eigenvalue weighted by Gasteiger charge is -2.17. The summed E-state index contributed by atoms with van der Waals surface area (Å²) in [6.45, 7) is -1.07. The lowest BCUT2D eigenvalue weighted by atomic mass is 10.1. The zero-order valence-corrected chi connectivity index (χ0v) is 13.9. The minimum atomic E-state index is -1.25. The van der Waals surface area contributed by atoms with Gasteiger partial charge in [-0.3, -0.25) is 14.4 Å². The van der Waals surface area contributed by atoms with Crippen LogP contribution in [0.5, 0.6) is 0 Å². The number of amides is 2. The summed E-state index contributed by atoms with van der Waals surface area (Å²) < 4.78 is 5.00. The van der Waals surface area contributed by atoms with Crippen molar-refractivity contribution in [3.05, 3.63) is 40.9 Å².